The van der Waals surface area contributed by atoms with Crippen LogP contribution in [0.15, 0.2) is 54.9 Å². The highest BCUT2D eigenvalue weighted by Gasteiger charge is 2.19. The maximum atomic E-state index is 13.3. The topological polar surface area (TPSA) is 41.5 Å². The molecule has 0 saturated carbocycles. The highest BCUT2D eigenvalue weighted by atomic mass is 19.1. The van der Waals surface area contributed by atoms with Crippen molar-refractivity contribution in [3.8, 4) is 11.6 Å². The summed E-state index contributed by atoms with van der Waals surface area (Å²) >= 11 is 0. The van der Waals surface area contributed by atoms with Crippen molar-refractivity contribution >= 4 is 5.82 Å². The Labute approximate surface area is 168 Å². The van der Waals surface area contributed by atoms with E-state index in [1.807, 2.05) is 12.1 Å². The molecule has 3 aromatic rings. The maximum Gasteiger partial charge on any atom is 0.224 e. The number of nitrogens with zero attached hydrogens (tertiary/aromatic N) is 4. The molecule has 0 unspecified atom stereocenters. The van der Waals surface area contributed by atoms with Gasteiger partial charge in [-0.2, -0.15) is 0 Å². The predicted molar refractivity (Wildman–Crippen MR) is 107 cm³/mol. The molecule has 0 aliphatic carbocycles. The van der Waals surface area contributed by atoms with Crippen molar-refractivity contribution in [1.29, 1.82) is 0 Å². The molecule has 0 bridgehead atoms. The lowest BCUT2D eigenvalue weighted by atomic mass is 10.2. The first-order valence-electron chi connectivity index (χ1n) is 9.54. The highest BCUT2D eigenvalue weighted by molar-refractivity contribution is 5.43. The van der Waals surface area contributed by atoms with Crippen LogP contribution >= 0.6 is 0 Å². The number of halogens is 2. The number of anilines is 1. The molecule has 0 atom stereocenters. The van der Waals surface area contributed by atoms with Gasteiger partial charge in [0.25, 0.3) is 0 Å². The average molecular weight is 396 g/mol. The molecule has 1 fully saturated rings. The number of hydrogen-bond donors (Lipinski definition) is 0. The summed E-state index contributed by atoms with van der Waals surface area (Å²) in [6.07, 6.45) is 1.48. The molecule has 7 heteroatoms. The summed E-state index contributed by atoms with van der Waals surface area (Å²) in [7, 11) is 0. The molecule has 4 rings (SSSR count). The van der Waals surface area contributed by atoms with Crippen LogP contribution in [-0.4, -0.2) is 41.0 Å². The molecule has 1 aliphatic rings. The molecule has 1 aromatic heterocycles. The lowest BCUT2D eigenvalue weighted by Crippen LogP contribution is -2.46. The van der Waals surface area contributed by atoms with E-state index in [2.05, 4.69) is 19.8 Å². The van der Waals surface area contributed by atoms with Gasteiger partial charge in [0.1, 0.15) is 29.5 Å². The summed E-state index contributed by atoms with van der Waals surface area (Å²) in [4.78, 5) is 13.1. The van der Waals surface area contributed by atoms with E-state index in [0.29, 0.717) is 17.2 Å². The van der Waals surface area contributed by atoms with Crippen molar-refractivity contribution in [1.82, 2.24) is 14.9 Å². The smallest absolute Gasteiger partial charge is 0.224 e. The van der Waals surface area contributed by atoms with Crippen molar-refractivity contribution in [2.45, 2.75) is 13.5 Å². The molecular formula is C22H22F2N4O. The fourth-order valence-electron chi connectivity index (χ4n) is 3.38. The van der Waals surface area contributed by atoms with E-state index < -0.39 is 0 Å². The normalized spacial score (nSPS) is 14.8. The Bertz CT molecular complexity index is 973. The SMILES string of the molecule is Cc1cc(F)ccc1Oc1cc(N2CCN(Cc3ccc(F)cc3)CC2)ncn1. The summed E-state index contributed by atoms with van der Waals surface area (Å²) < 4.78 is 32.1. The van der Waals surface area contributed by atoms with Crippen LogP contribution in [0.4, 0.5) is 14.6 Å². The summed E-state index contributed by atoms with van der Waals surface area (Å²) in [6.45, 7) is 6.01. The Kier molecular flexibility index (Phi) is 5.67. The molecule has 1 aliphatic heterocycles. The number of aromatic nitrogens is 2. The third kappa shape index (κ3) is 4.86. The van der Waals surface area contributed by atoms with Crippen LogP contribution < -0.4 is 9.64 Å². The number of benzene rings is 2. The summed E-state index contributed by atoms with van der Waals surface area (Å²) in [5, 5.41) is 0. The number of rotatable bonds is 5. The minimum absolute atomic E-state index is 0.212. The molecular weight excluding hydrogens is 374 g/mol. The molecule has 0 radical (unpaired) electrons. The second-order valence-corrected chi connectivity index (χ2v) is 7.12. The molecule has 29 heavy (non-hydrogen) atoms. The zero-order valence-corrected chi connectivity index (χ0v) is 16.2. The van der Waals surface area contributed by atoms with Gasteiger partial charge in [0, 0.05) is 38.8 Å². The van der Waals surface area contributed by atoms with E-state index in [9.17, 15) is 8.78 Å². The molecule has 0 N–H and O–H groups in total. The van der Waals surface area contributed by atoms with Gasteiger partial charge in [-0.05, 0) is 48.4 Å². The van der Waals surface area contributed by atoms with Gasteiger partial charge < -0.3 is 9.64 Å². The third-order valence-electron chi connectivity index (χ3n) is 4.99. The number of aryl methyl sites for hydroxylation is 1. The van der Waals surface area contributed by atoms with Crippen LogP contribution in [0.2, 0.25) is 0 Å². The molecule has 1 saturated heterocycles. The van der Waals surface area contributed by atoms with Gasteiger partial charge in [-0.15, -0.1) is 0 Å². The zero-order valence-electron chi connectivity index (χ0n) is 16.2. The van der Waals surface area contributed by atoms with Crippen molar-refractivity contribution in [2.75, 3.05) is 31.1 Å². The largest absolute Gasteiger partial charge is 0.439 e. The first kappa shape index (κ1) is 19.3. The summed E-state index contributed by atoms with van der Waals surface area (Å²) in [5.74, 6) is 1.29. The van der Waals surface area contributed by atoms with Crippen molar-refractivity contribution in [3.63, 3.8) is 0 Å². The van der Waals surface area contributed by atoms with Gasteiger partial charge in [0.2, 0.25) is 5.88 Å². The van der Waals surface area contributed by atoms with E-state index in [0.717, 1.165) is 44.1 Å². The minimum Gasteiger partial charge on any atom is -0.439 e. The average Bonchev–Trinajstić information content (AvgIpc) is 2.73. The summed E-state index contributed by atoms with van der Waals surface area (Å²) in [5.41, 5.74) is 1.81. The van der Waals surface area contributed by atoms with E-state index in [1.54, 1.807) is 19.1 Å². The first-order valence-corrected chi connectivity index (χ1v) is 9.54. The van der Waals surface area contributed by atoms with Crippen LogP contribution in [0.5, 0.6) is 11.6 Å². The Hall–Kier alpha value is -3.06. The second-order valence-electron chi connectivity index (χ2n) is 7.12. The van der Waals surface area contributed by atoms with Crippen molar-refractivity contribution in [3.05, 3.63) is 77.6 Å². The van der Waals surface area contributed by atoms with Crippen molar-refractivity contribution in [2.24, 2.45) is 0 Å². The van der Waals surface area contributed by atoms with Gasteiger partial charge in [-0.25, -0.2) is 18.7 Å². The standard InChI is InChI=1S/C22H22F2N4O/c1-16-12-19(24)6-7-20(16)29-22-13-21(25-15-26-22)28-10-8-27(9-11-28)14-17-2-4-18(23)5-3-17/h2-7,12-13,15H,8-11,14H2,1H3. The Balaban J connectivity index is 1.37. The van der Waals surface area contributed by atoms with E-state index in [1.165, 1.54) is 30.6 Å². The van der Waals surface area contributed by atoms with E-state index in [4.69, 9.17) is 4.74 Å². The lowest BCUT2D eigenvalue weighted by molar-refractivity contribution is 0.249. The third-order valence-corrected chi connectivity index (χ3v) is 4.99. The number of ether oxygens (including phenoxy) is 1. The van der Waals surface area contributed by atoms with E-state index >= 15 is 0 Å². The quantitative estimate of drug-likeness (QED) is 0.647. The summed E-state index contributed by atoms with van der Waals surface area (Å²) in [6, 6.07) is 12.8. The molecule has 5 nitrogen and oxygen atoms in total. The zero-order chi connectivity index (χ0) is 20.2. The van der Waals surface area contributed by atoms with Gasteiger partial charge in [-0.3, -0.25) is 4.90 Å². The Morgan fingerprint density at radius 2 is 1.62 bits per heavy atom. The molecule has 2 aromatic carbocycles. The maximum absolute atomic E-state index is 13.3. The molecule has 0 spiro atoms. The Morgan fingerprint density at radius 3 is 2.34 bits per heavy atom. The van der Waals surface area contributed by atoms with Crippen LogP contribution in [0.25, 0.3) is 0 Å². The van der Waals surface area contributed by atoms with Crippen LogP contribution in [0.3, 0.4) is 0 Å². The first-order chi connectivity index (χ1) is 14.1. The molecule has 2 heterocycles. The van der Waals surface area contributed by atoms with Gasteiger partial charge in [0.15, 0.2) is 0 Å². The second kappa shape index (κ2) is 8.53. The van der Waals surface area contributed by atoms with Crippen LogP contribution in [0.1, 0.15) is 11.1 Å². The van der Waals surface area contributed by atoms with Gasteiger partial charge in [-0.1, -0.05) is 12.1 Å². The van der Waals surface area contributed by atoms with Crippen LogP contribution in [0, 0.1) is 18.6 Å². The number of piperazine rings is 1. The van der Waals surface area contributed by atoms with Gasteiger partial charge >= 0.3 is 0 Å². The fourth-order valence-corrected chi connectivity index (χ4v) is 3.38. The van der Waals surface area contributed by atoms with Gasteiger partial charge in [0.05, 0.1) is 0 Å². The van der Waals surface area contributed by atoms with Crippen LogP contribution in [-0.2, 0) is 6.54 Å². The predicted octanol–water partition coefficient (Wildman–Crippen LogP) is 4.18. The van der Waals surface area contributed by atoms with Crippen molar-refractivity contribution < 1.29 is 13.5 Å². The molecule has 0 amide bonds. The highest BCUT2D eigenvalue weighted by Crippen LogP contribution is 2.26. The lowest BCUT2D eigenvalue weighted by Gasteiger charge is -2.35. The fraction of sp³-hybridized carbons (Fsp3) is 0.273. The number of hydrogen-bond acceptors (Lipinski definition) is 5. The van der Waals surface area contributed by atoms with E-state index in [-0.39, 0.29) is 11.6 Å². The monoisotopic (exact) mass is 396 g/mol. The minimum atomic E-state index is -0.295. The molecule has 150 valence electrons. The Morgan fingerprint density at radius 1 is 0.897 bits per heavy atom.